The van der Waals surface area contributed by atoms with E-state index < -0.39 is 15.6 Å². The van der Waals surface area contributed by atoms with Gasteiger partial charge < -0.3 is 0 Å². The van der Waals surface area contributed by atoms with Crippen LogP contribution in [0, 0.1) is 0 Å². The van der Waals surface area contributed by atoms with Gasteiger partial charge in [-0.25, -0.2) is 13.4 Å². The van der Waals surface area contributed by atoms with Crippen LogP contribution in [0.25, 0.3) is 10.2 Å². The Morgan fingerprint density at radius 2 is 1.90 bits per heavy atom. The molecule has 0 spiro atoms. The van der Waals surface area contributed by atoms with Gasteiger partial charge >= 0.3 is 0 Å². The number of rotatable bonds is 2. The lowest BCUT2D eigenvalue weighted by atomic mass is 10.4. The van der Waals surface area contributed by atoms with Gasteiger partial charge in [0.05, 0.1) is 20.3 Å². The largest absolute Gasteiger partial charge is 0.276 e. The van der Waals surface area contributed by atoms with Crippen molar-refractivity contribution in [2.24, 2.45) is 0 Å². The molecule has 108 valence electrons. The zero-order valence-corrected chi connectivity index (χ0v) is 13.3. The predicted molar refractivity (Wildman–Crippen MR) is 82.9 cm³/mol. The Hall–Kier alpha value is -1.41. The van der Waals surface area contributed by atoms with E-state index in [2.05, 4.69) is 4.98 Å². The van der Waals surface area contributed by atoms with E-state index in [9.17, 15) is 13.2 Å². The summed E-state index contributed by atoms with van der Waals surface area (Å²) in [6.45, 7) is 0. The van der Waals surface area contributed by atoms with Crippen molar-refractivity contribution in [2.45, 2.75) is 4.90 Å². The number of thiophene rings is 1. The SMILES string of the molecule is O=c1c2ccsc2ncn1S(=O)(=O)c1ccc(Cl)c(Cl)c1. The highest BCUT2D eigenvalue weighted by Gasteiger charge is 2.21. The number of aromatic nitrogens is 2. The summed E-state index contributed by atoms with van der Waals surface area (Å²) in [7, 11) is -4.08. The maximum Gasteiger partial charge on any atom is 0.276 e. The molecule has 0 aliphatic rings. The summed E-state index contributed by atoms with van der Waals surface area (Å²) in [5, 5.41) is 2.26. The lowest BCUT2D eigenvalue weighted by Crippen LogP contribution is -2.27. The van der Waals surface area contributed by atoms with Crippen LogP contribution in [-0.4, -0.2) is 17.4 Å². The van der Waals surface area contributed by atoms with E-state index in [0.717, 1.165) is 6.33 Å². The number of halogens is 2. The minimum absolute atomic E-state index is 0.0929. The Morgan fingerprint density at radius 1 is 1.14 bits per heavy atom. The molecule has 0 unspecified atom stereocenters. The van der Waals surface area contributed by atoms with Crippen LogP contribution in [0.2, 0.25) is 10.0 Å². The number of hydrogen-bond acceptors (Lipinski definition) is 5. The topological polar surface area (TPSA) is 69.0 Å². The third-order valence-corrected chi connectivity index (χ3v) is 5.99. The molecule has 3 aromatic rings. The second kappa shape index (κ2) is 5.10. The molecule has 0 fully saturated rings. The highest BCUT2D eigenvalue weighted by Crippen LogP contribution is 2.25. The molecular formula is C12H6Cl2N2O3S2. The van der Waals surface area contributed by atoms with Crippen molar-refractivity contribution in [3.63, 3.8) is 0 Å². The Bertz CT molecular complexity index is 1010. The zero-order chi connectivity index (χ0) is 15.2. The first-order chi connectivity index (χ1) is 9.91. The van der Waals surface area contributed by atoms with Crippen LogP contribution in [0.3, 0.4) is 0 Å². The van der Waals surface area contributed by atoms with Crippen molar-refractivity contribution < 1.29 is 8.42 Å². The first kappa shape index (κ1) is 14.5. The Morgan fingerprint density at radius 3 is 2.62 bits per heavy atom. The molecule has 9 heteroatoms. The van der Waals surface area contributed by atoms with Gasteiger partial charge in [0, 0.05) is 0 Å². The third-order valence-electron chi connectivity index (χ3n) is 2.80. The van der Waals surface area contributed by atoms with Gasteiger partial charge in [0.15, 0.2) is 0 Å². The fourth-order valence-corrected chi connectivity index (χ4v) is 4.07. The van der Waals surface area contributed by atoms with Crippen LogP contribution >= 0.6 is 34.5 Å². The fourth-order valence-electron chi connectivity index (χ4n) is 1.76. The average molecular weight is 361 g/mol. The van der Waals surface area contributed by atoms with Crippen molar-refractivity contribution in [2.75, 3.05) is 0 Å². The Kier molecular flexibility index (Phi) is 3.53. The van der Waals surface area contributed by atoms with E-state index in [1.807, 2.05) is 0 Å². The second-order valence-corrected chi connectivity index (χ2v) is 7.59. The Labute approximate surface area is 133 Å². The fraction of sp³-hybridized carbons (Fsp3) is 0. The standard InChI is InChI=1S/C12H6Cl2N2O3S2/c13-9-2-1-7(5-10(9)14)21(18,19)16-6-15-11-8(12(16)17)3-4-20-11/h1-6H. The van der Waals surface area contributed by atoms with E-state index in [0.29, 0.717) is 8.80 Å². The smallest absolute Gasteiger partial charge is 0.267 e. The number of fused-ring (bicyclic) bond motifs is 1. The lowest BCUT2D eigenvalue weighted by Gasteiger charge is -2.07. The maximum absolute atomic E-state index is 12.5. The molecule has 0 bridgehead atoms. The van der Waals surface area contributed by atoms with Crippen LogP contribution in [0.1, 0.15) is 0 Å². The number of benzene rings is 1. The monoisotopic (exact) mass is 360 g/mol. The van der Waals surface area contributed by atoms with E-state index in [-0.39, 0.29) is 20.3 Å². The molecule has 0 atom stereocenters. The molecular weight excluding hydrogens is 355 g/mol. The summed E-state index contributed by atoms with van der Waals surface area (Å²) >= 11 is 12.9. The van der Waals surface area contributed by atoms with Crippen molar-refractivity contribution in [1.29, 1.82) is 0 Å². The molecule has 0 aliphatic heterocycles. The van der Waals surface area contributed by atoms with Crippen molar-refractivity contribution >= 4 is 54.8 Å². The summed E-state index contributed by atoms with van der Waals surface area (Å²) in [5.74, 6) is 0. The minimum Gasteiger partial charge on any atom is -0.267 e. The van der Waals surface area contributed by atoms with Gasteiger partial charge in [-0.2, -0.15) is 3.97 Å². The molecule has 21 heavy (non-hydrogen) atoms. The molecule has 0 saturated heterocycles. The summed E-state index contributed by atoms with van der Waals surface area (Å²) in [6, 6.07) is 5.38. The maximum atomic E-state index is 12.5. The van der Waals surface area contributed by atoms with Gasteiger partial charge in [-0.1, -0.05) is 23.2 Å². The van der Waals surface area contributed by atoms with Gasteiger partial charge in [-0.15, -0.1) is 11.3 Å². The summed E-state index contributed by atoms with van der Waals surface area (Å²) < 4.78 is 25.6. The van der Waals surface area contributed by atoms with Crippen molar-refractivity contribution in [1.82, 2.24) is 8.96 Å². The van der Waals surface area contributed by atoms with Crippen LogP contribution in [-0.2, 0) is 10.0 Å². The molecule has 0 N–H and O–H groups in total. The average Bonchev–Trinajstić information content (AvgIpc) is 2.91. The molecule has 2 heterocycles. The highest BCUT2D eigenvalue weighted by atomic mass is 35.5. The quantitative estimate of drug-likeness (QED) is 0.704. The molecule has 0 amide bonds. The van der Waals surface area contributed by atoms with Gasteiger partial charge in [-0.05, 0) is 29.6 Å². The highest BCUT2D eigenvalue weighted by molar-refractivity contribution is 7.90. The third kappa shape index (κ3) is 2.36. The molecule has 0 aliphatic carbocycles. The second-order valence-electron chi connectivity index (χ2n) is 4.07. The lowest BCUT2D eigenvalue weighted by molar-refractivity contribution is 0.585. The number of nitrogens with zero attached hydrogens (tertiary/aromatic N) is 2. The molecule has 5 nitrogen and oxygen atoms in total. The molecule has 3 rings (SSSR count). The molecule has 0 saturated carbocycles. The molecule has 1 aromatic carbocycles. The minimum atomic E-state index is -4.08. The van der Waals surface area contributed by atoms with Crippen LogP contribution in [0.15, 0.2) is 45.7 Å². The van der Waals surface area contributed by atoms with Gasteiger partial charge in [-0.3, -0.25) is 4.79 Å². The van der Waals surface area contributed by atoms with Gasteiger partial charge in [0.2, 0.25) is 0 Å². The normalized spacial score (nSPS) is 11.9. The van der Waals surface area contributed by atoms with E-state index in [4.69, 9.17) is 23.2 Å². The van der Waals surface area contributed by atoms with Crippen LogP contribution in [0.5, 0.6) is 0 Å². The van der Waals surface area contributed by atoms with Crippen LogP contribution < -0.4 is 5.56 Å². The zero-order valence-electron chi connectivity index (χ0n) is 10.2. The van der Waals surface area contributed by atoms with E-state index >= 15 is 0 Å². The molecule has 2 aromatic heterocycles. The first-order valence-corrected chi connectivity index (χ1v) is 8.64. The Balaban J connectivity index is 2.27. The summed E-state index contributed by atoms with van der Waals surface area (Å²) in [4.78, 5) is 16.6. The van der Waals surface area contributed by atoms with Crippen LogP contribution in [0.4, 0.5) is 0 Å². The number of hydrogen-bond donors (Lipinski definition) is 0. The van der Waals surface area contributed by atoms with Crippen molar-refractivity contribution in [3.05, 3.63) is 56.4 Å². The van der Waals surface area contributed by atoms with E-state index in [1.54, 1.807) is 5.38 Å². The van der Waals surface area contributed by atoms with E-state index in [1.165, 1.54) is 35.6 Å². The predicted octanol–water partition coefficient (Wildman–Crippen LogP) is 3.00. The first-order valence-electron chi connectivity index (χ1n) is 5.57. The van der Waals surface area contributed by atoms with Crippen molar-refractivity contribution in [3.8, 4) is 0 Å². The summed E-state index contributed by atoms with van der Waals surface area (Å²) in [5.41, 5.74) is -0.646. The molecule has 0 radical (unpaired) electrons. The van der Waals surface area contributed by atoms with Gasteiger partial charge in [0.1, 0.15) is 11.2 Å². The van der Waals surface area contributed by atoms with Gasteiger partial charge in [0.25, 0.3) is 15.6 Å². The summed E-state index contributed by atoms with van der Waals surface area (Å²) in [6.07, 6.45) is 0.999.